The highest BCUT2D eigenvalue weighted by Gasteiger charge is 2.33. The minimum Gasteiger partial charge on any atom is -0.304 e. The first-order valence-electron chi connectivity index (χ1n) is 9.71. The number of hydrogen-bond donors (Lipinski definition) is 0. The maximum Gasteiger partial charge on any atom is 0.257 e. The van der Waals surface area contributed by atoms with Gasteiger partial charge in [0, 0.05) is 37.6 Å². The number of likely N-dealkylation sites (N-methyl/N-ethyl adjacent to an activating group) is 1. The number of carbonyl (C=O) groups excluding carboxylic acids is 1. The number of carbonyl (C=O) groups is 1. The van der Waals surface area contributed by atoms with Crippen LogP contribution in [-0.4, -0.2) is 66.2 Å². The van der Waals surface area contributed by atoms with Gasteiger partial charge in [-0.2, -0.15) is 5.10 Å². The van der Waals surface area contributed by atoms with Crippen LogP contribution in [0.25, 0.3) is 0 Å². The van der Waals surface area contributed by atoms with Gasteiger partial charge in [-0.15, -0.1) is 0 Å². The Hall–Kier alpha value is -2.21. The molecule has 1 fully saturated rings. The zero-order valence-electron chi connectivity index (χ0n) is 16.1. The van der Waals surface area contributed by atoms with Crippen molar-refractivity contribution in [1.29, 1.82) is 0 Å². The molecule has 5 nitrogen and oxygen atoms in total. The van der Waals surface area contributed by atoms with Crippen molar-refractivity contribution in [3.8, 4) is 0 Å². The molecular weight excluding hydrogens is 372 g/mol. The third kappa shape index (κ3) is 4.27. The van der Waals surface area contributed by atoms with Gasteiger partial charge in [0.15, 0.2) is 0 Å². The van der Waals surface area contributed by atoms with E-state index in [1.807, 2.05) is 54.6 Å². The van der Waals surface area contributed by atoms with Crippen molar-refractivity contribution in [3.63, 3.8) is 0 Å². The largest absolute Gasteiger partial charge is 0.304 e. The van der Waals surface area contributed by atoms with E-state index in [-0.39, 0.29) is 11.9 Å². The van der Waals surface area contributed by atoms with E-state index in [2.05, 4.69) is 16.8 Å². The standard InChI is InChI=1S/C22H25ClN4O/c1-25-11-13-26(14-12-25)16-22(28)27-21(18-7-9-19(23)10-8-18)15-20(24-27)17-5-3-2-4-6-17/h2-10,21H,11-16H2,1H3. The summed E-state index contributed by atoms with van der Waals surface area (Å²) < 4.78 is 0. The van der Waals surface area contributed by atoms with Crippen molar-refractivity contribution < 1.29 is 4.79 Å². The summed E-state index contributed by atoms with van der Waals surface area (Å²) in [5, 5.41) is 7.13. The highest BCUT2D eigenvalue weighted by Crippen LogP contribution is 2.33. The van der Waals surface area contributed by atoms with Crippen LogP contribution < -0.4 is 0 Å². The number of hydrazone groups is 1. The topological polar surface area (TPSA) is 39.1 Å². The zero-order chi connectivity index (χ0) is 19.5. The van der Waals surface area contributed by atoms with Crippen LogP contribution in [0.4, 0.5) is 0 Å². The molecule has 2 aromatic rings. The molecule has 6 heteroatoms. The van der Waals surface area contributed by atoms with Gasteiger partial charge < -0.3 is 4.90 Å². The second kappa shape index (κ2) is 8.43. The van der Waals surface area contributed by atoms with Crippen LogP contribution in [0.5, 0.6) is 0 Å². The molecule has 2 aliphatic rings. The van der Waals surface area contributed by atoms with E-state index in [4.69, 9.17) is 16.7 Å². The predicted molar refractivity (Wildman–Crippen MR) is 113 cm³/mol. The molecule has 2 aliphatic heterocycles. The lowest BCUT2D eigenvalue weighted by Crippen LogP contribution is -2.48. The van der Waals surface area contributed by atoms with Crippen LogP contribution in [0, 0.1) is 0 Å². The SMILES string of the molecule is CN1CCN(CC(=O)N2N=C(c3ccccc3)CC2c2ccc(Cl)cc2)CC1. The summed E-state index contributed by atoms with van der Waals surface area (Å²) in [6, 6.07) is 17.7. The van der Waals surface area contributed by atoms with Crippen molar-refractivity contribution >= 4 is 23.2 Å². The molecule has 2 aromatic carbocycles. The lowest BCUT2D eigenvalue weighted by Gasteiger charge is -2.33. The maximum absolute atomic E-state index is 13.2. The van der Waals surface area contributed by atoms with Gasteiger partial charge in [0.2, 0.25) is 0 Å². The normalized spacial score (nSPS) is 21.0. The Morgan fingerprint density at radius 2 is 1.71 bits per heavy atom. The molecule has 0 radical (unpaired) electrons. The molecule has 146 valence electrons. The lowest BCUT2D eigenvalue weighted by molar-refractivity contribution is -0.134. The first kappa shape index (κ1) is 19.1. The zero-order valence-corrected chi connectivity index (χ0v) is 16.8. The number of halogens is 1. The summed E-state index contributed by atoms with van der Waals surface area (Å²) in [5.74, 6) is 0.0513. The molecule has 0 aliphatic carbocycles. The Morgan fingerprint density at radius 3 is 2.39 bits per heavy atom. The number of amides is 1. The van der Waals surface area contributed by atoms with E-state index in [0.717, 1.165) is 43.0 Å². The van der Waals surface area contributed by atoms with Gasteiger partial charge in [-0.25, -0.2) is 5.01 Å². The molecule has 0 spiro atoms. The number of hydrogen-bond acceptors (Lipinski definition) is 4. The van der Waals surface area contributed by atoms with Gasteiger partial charge in [0.05, 0.1) is 18.3 Å². The Morgan fingerprint density at radius 1 is 1.04 bits per heavy atom. The summed E-state index contributed by atoms with van der Waals surface area (Å²) in [6.07, 6.45) is 0.708. The molecule has 1 saturated heterocycles. The molecular formula is C22H25ClN4O. The Balaban J connectivity index is 1.56. The van der Waals surface area contributed by atoms with Gasteiger partial charge in [0.25, 0.3) is 5.91 Å². The van der Waals surface area contributed by atoms with Crippen molar-refractivity contribution in [1.82, 2.24) is 14.8 Å². The minimum atomic E-state index is -0.0903. The highest BCUT2D eigenvalue weighted by atomic mass is 35.5. The molecule has 4 rings (SSSR count). The van der Waals surface area contributed by atoms with E-state index >= 15 is 0 Å². The van der Waals surface area contributed by atoms with Gasteiger partial charge in [0.1, 0.15) is 0 Å². The molecule has 1 unspecified atom stereocenters. The van der Waals surface area contributed by atoms with Crippen molar-refractivity contribution in [3.05, 3.63) is 70.7 Å². The summed E-state index contributed by atoms with van der Waals surface area (Å²) in [7, 11) is 2.12. The van der Waals surface area contributed by atoms with Crippen molar-refractivity contribution in [2.24, 2.45) is 5.10 Å². The maximum atomic E-state index is 13.2. The monoisotopic (exact) mass is 396 g/mol. The first-order valence-corrected chi connectivity index (χ1v) is 10.1. The number of benzene rings is 2. The smallest absolute Gasteiger partial charge is 0.257 e. The molecule has 0 aromatic heterocycles. The summed E-state index contributed by atoms with van der Waals surface area (Å²) >= 11 is 6.06. The van der Waals surface area contributed by atoms with Gasteiger partial charge in [-0.05, 0) is 30.3 Å². The molecule has 0 saturated carbocycles. The molecule has 28 heavy (non-hydrogen) atoms. The van der Waals surface area contributed by atoms with Crippen LogP contribution in [-0.2, 0) is 4.79 Å². The fraction of sp³-hybridized carbons (Fsp3) is 0.364. The van der Waals surface area contributed by atoms with E-state index < -0.39 is 0 Å². The molecule has 2 heterocycles. The van der Waals surface area contributed by atoms with Crippen LogP contribution in [0.2, 0.25) is 5.02 Å². The van der Waals surface area contributed by atoms with Crippen LogP contribution in [0.15, 0.2) is 59.7 Å². The van der Waals surface area contributed by atoms with E-state index in [9.17, 15) is 4.79 Å². The fourth-order valence-corrected chi connectivity index (χ4v) is 3.89. The average Bonchev–Trinajstić information content (AvgIpc) is 3.17. The number of nitrogens with zero attached hydrogens (tertiary/aromatic N) is 4. The minimum absolute atomic E-state index is 0.0513. The van der Waals surface area contributed by atoms with Gasteiger partial charge in [-0.1, -0.05) is 54.1 Å². The second-order valence-corrected chi connectivity index (χ2v) is 7.94. The number of rotatable bonds is 4. The first-order chi connectivity index (χ1) is 13.6. The van der Waals surface area contributed by atoms with Crippen molar-refractivity contribution in [2.45, 2.75) is 12.5 Å². The van der Waals surface area contributed by atoms with E-state index in [0.29, 0.717) is 18.0 Å². The van der Waals surface area contributed by atoms with Crippen LogP contribution >= 0.6 is 11.6 Å². The average molecular weight is 397 g/mol. The molecule has 0 bridgehead atoms. The number of piperazine rings is 1. The Kier molecular flexibility index (Phi) is 5.76. The second-order valence-electron chi connectivity index (χ2n) is 7.50. The quantitative estimate of drug-likeness (QED) is 0.796. The molecule has 1 atom stereocenters. The lowest BCUT2D eigenvalue weighted by atomic mass is 9.98. The Labute approximate surface area is 171 Å². The summed E-state index contributed by atoms with van der Waals surface area (Å²) in [6.45, 7) is 4.22. The third-order valence-corrected chi connectivity index (χ3v) is 5.73. The fourth-order valence-electron chi connectivity index (χ4n) is 3.76. The van der Waals surface area contributed by atoms with Gasteiger partial charge in [-0.3, -0.25) is 9.69 Å². The molecule has 1 amide bonds. The van der Waals surface area contributed by atoms with E-state index in [1.54, 1.807) is 5.01 Å². The van der Waals surface area contributed by atoms with Crippen LogP contribution in [0.3, 0.4) is 0 Å². The van der Waals surface area contributed by atoms with Gasteiger partial charge >= 0.3 is 0 Å². The predicted octanol–water partition coefficient (Wildman–Crippen LogP) is 3.27. The van der Waals surface area contributed by atoms with E-state index in [1.165, 1.54) is 0 Å². The van der Waals surface area contributed by atoms with Crippen LogP contribution in [0.1, 0.15) is 23.6 Å². The third-order valence-electron chi connectivity index (χ3n) is 5.48. The summed E-state index contributed by atoms with van der Waals surface area (Å²) in [5.41, 5.74) is 3.08. The Bertz CT molecular complexity index is 845. The summed E-state index contributed by atoms with van der Waals surface area (Å²) in [4.78, 5) is 17.7. The highest BCUT2D eigenvalue weighted by molar-refractivity contribution is 6.30. The van der Waals surface area contributed by atoms with Crippen molar-refractivity contribution in [2.75, 3.05) is 39.8 Å². The molecule has 0 N–H and O–H groups in total.